The van der Waals surface area contributed by atoms with Gasteiger partial charge < -0.3 is 4.74 Å². The fourth-order valence-electron chi connectivity index (χ4n) is 1.66. The minimum atomic E-state index is 0.593. The number of epoxide rings is 1. The van der Waals surface area contributed by atoms with Crippen LogP contribution in [0.3, 0.4) is 0 Å². The Balaban J connectivity index is 1.86. The van der Waals surface area contributed by atoms with Crippen molar-refractivity contribution in [3.63, 3.8) is 0 Å². The van der Waals surface area contributed by atoms with Crippen molar-refractivity contribution in [1.82, 2.24) is 0 Å². The van der Waals surface area contributed by atoms with Crippen molar-refractivity contribution in [1.29, 1.82) is 0 Å². The molecule has 2 unspecified atom stereocenters. The summed E-state index contributed by atoms with van der Waals surface area (Å²) in [6.45, 7) is 3.34. The number of rotatable bonds is 1. The van der Waals surface area contributed by atoms with Crippen molar-refractivity contribution >= 4 is 0 Å². The van der Waals surface area contributed by atoms with Crippen molar-refractivity contribution in [2.45, 2.75) is 32.3 Å². The van der Waals surface area contributed by atoms with E-state index in [0.717, 1.165) is 12.5 Å². The Bertz CT molecular complexity index is 107. The van der Waals surface area contributed by atoms with Gasteiger partial charge in [-0.15, -0.1) is 0 Å². The van der Waals surface area contributed by atoms with E-state index >= 15 is 0 Å². The highest BCUT2D eigenvalue weighted by atomic mass is 16.6. The number of hydrogen-bond acceptors (Lipinski definition) is 1. The molecule has 0 spiro atoms. The minimum absolute atomic E-state index is 0.593. The van der Waals surface area contributed by atoms with Crippen LogP contribution in [0.25, 0.3) is 0 Å². The zero-order chi connectivity index (χ0) is 6.27. The molecule has 1 heteroatoms. The van der Waals surface area contributed by atoms with Gasteiger partial charge in [-0.3, -0.25) is 0 Å². The van der Waals surface area contributed by atoms with Crippen LogP contribution in [-0.4, -0.2) is 12.7 Å². The predicted octanol–water partition coefficient (Wildman–Crippen LogP) is 1.78. The molecule has 1 saturated carbocycles. The molecule has 2 atom stereocenters. The van der Waals surface area contributed by atoms with Gasteiger partial charge in [-0.1, -0.05) is 13.3 Å². The molecule has 9 heavy (non-hydrogen) atoms. The first-order chi connectivity index (χ1) is 4.36. The second-order valence-electron chi connectivity index (χ2n) is 3.33. The molecule has 0 aromatic heterocycles. The molecule has 1 heterocycles. The summed E-state index contributed by atoms with van der Waals surface area (Å²) >= 11 is 0. The molecule has 2 fully saturated rings. The molecule has 0 N–H and O–H groups in total. The first kappa shape index (κ1) is 5.72. The summed E-state index contributed by atoms with van der Waals surface area (Å²) in [6.07, 6.45) is 4.67. The lowest BCUT2D eigenvalue weighted by Crippen LogP contribution is -1.99. The van der Waals surface area contributed by atoms with Gasteiger partial charge in [-0.2, -0.15) is 0 Å². The standard InChI is InChI=1S/C8H13O/c1-6-2-3-7(4-6)8-5-9-8/h6,8H,2-5H2,1H3. The molecule has 2 aliphatic rings. The van der Waals surface area contributed by atoms with Gasteiger partial charge in [0.1, 0.15) is 0 Å². The summed E-state index contributed by atoms with van der Waals surface area (Å²) in [6, 6.07) is 0. The van der Waals surface area contributed by atoms with Crippen molar-refractivity contribution in [2.75, 3.05) is 6.61 Å². The molecular weight excluding hydrogens is 112 g/mol. The Morgan fingerprint density at radius 2 is 2.33 bits per heavy atom. The van der Waals surface area contributed by atoms with E-state index in [4.69, 9.17) is 4.74 Å². The number of ether oxygens (including phenoxy) is 1. The van der Waals surface area contributed by atoms with E-state index in [-0.39, 0.29) is 0 Å². The second-order valence-corrected chi connectivity index (χ2v) is 3.33. The molecule has 1 radical (unpaired) electrons. The van der Waals surface area contributed by atoms with Crippen molar-refractivity contribution in [3.05, 3.63) is 5.92 Å². The van der Waals surface area contributed by atoms with Crippen molar-refractivity contribution < 1.29 is 4.74 Å². The fourth-order valence-corrected chi connectivity index (χ4v) is 1.66. The van der Waals surface area contributed by atoms with Gasteiger partial charge in [0.15, 0.2) is 0 Å². The molecule has 0 aromatic carbocycles. The maximum atomic E-state index is 5.20. The topological polar surface area (TPSA) is 12.5 Å². The van der Waals surface area contributed by atoms with Crippen molar-refractivity contribution in [2.24, 2.45) is 5.92 Å². The van der Waals surface area contributed by atoms with Gasteiger partial charge in [0, 0.05) is 5.92 Å². The van der Waals surface area contributed by atoms with Gasteiger partial charge in [-0.05, 0) is 18.8 Å². The molecule has 1 saturated heterocycles. The molecule has 0 aromatic rings. The Kier molecular flexibility index (Phi) is 1.26. The predicted molar refractivity (Wildman–Crippen MR) is 36.0 cm³/mol. The normalized spacial score (nSPS) is 43.7. The van der Waals surface area contributed by atoms with Gasteiger partial charge in [0.2, 0.25) is 0 Å². The summed E-state index contributed by atoms with van der Waals surface area (Å²) in [7, 11) is 0. The van der Waals surface area contributed by atoms with Crippen LogP contribution in [0, 0.1) is 11.8 Å². The van der Waals surface area contributed by atoms with E-state index in [2.05, 4.69) is 6.92 Å². The lowest BCUT2D eigenvalue weighted by Gasteiger charge is -2.01. The molecule has 1 nitrogen and oxygen atoms in total. The Morgan fingerprint density at radius 3 is 2.78 bits per heavy atom. The van der Waals surface area contributed by atoms with E-state index in [1.165, 1.54) is 19.3 Å². The summed E-state index contributed by atoms with van der Waals surface area (Å²) in [5.74, 6) is 2.62. The third-order valence-electron chi connectivity index (χ3n) is 2.36. The summed E-state index contributed by atoms with van der Waals surface area (Å²) in [5, 5.41) is 0. The zero-order valence-electron chi connectivity index (χ0n) is 5.89. The van der Waals surface area contributed by atoms with Crippen LogP contribution in [0.2, 0.25) is 0 Å². The maximum absolute atomic E-state index is 5.20. The van der Waals surface area contributed by atoms with Crippen LogP contribution >= 0.6 is 0 Å². The van der Waals surface area contributed by atoms with E-state index in [9.17, 15) is 0 Å². The first-order valence-electron chi connectivity index (χ1n) is 3.82. The van der Waals surface area contributed by atoms with Gasteiger partial charge in [-0.25, -0.2) is 0 Å². The van der Waals surface area contributed by atoms with Gasteiger partial charge >= 0.3 is 0 Å². The van der Waals surface area contributed by atoms with Gasteiger partial charge in [0.05, 0.1) is 12.7 Å². The third-order valence-corrected chi connectivity index (χ3v) is 2.36. The van der Waals surface area contributed by atoms with Crippen LogP contribution < -0.4 is 0 Å². The third kappa shape index (κ3) is 1.11. The molecule has 2 rings (SSSR count). The largest absolute Gasteiger partial charge is 0.373 e. The van der Waals surface area contributed by atoms with E-state index in [1.54, 1.807) is 5.92 Å². The second kappa shape index (κ2) is 1.98. The highest BCUT2D eigenvalue weighted by Gasteiger charge is 2.36. The molecule has 0 bridgehead atoms. The average molecular weight is 125 g/mol. The summed E-state index contributed by atoms with van der Waals surface area (Å²) in [5.41, 5.74) is 0. The van der Waals surface area contributed by atoms with Crippen LogP contribution in [-0.2, 0) is 4.74 Å². The van der Waals surface area contributed by atoms with Crippen molar-refractivity contribution in [3.8, 4) is 0 Å². The fraction of sp³-hybridized carbons (Fsp3) is 0.875. The van der Waals surface area contributed by atoms with Crippen LogP contribution in [0.5, 0.6) is 0 Å². The Morgan fingerprint density at radius 1 is 1.56 bits per heavy atom. The lowest BCUT2D eigenvalue weighted by molar-refractivity contribution is 0.406. The van der Waals surface area contributed by atoms with Crippen LogP contribution in [0.15, 0.2) is 0 Å². The van der Waals surface area contributed by atoms with E-state index in [0.29, 0.717) is 6.10 Å². The number of hydrogen-bond donors (Lipinski definition) is 0. The van der Waals surface area contributed by atoms with E-state index in [1.807, 2.05) is 0 Å². The van der Waals surface area contributed by atoms with Gasteiger partial charge in [0.25, 0.3) is 0 Å². The highest BCUT2D eigenvalue weighted by molar-refractivity contribution is 5.08. The van der Waals surface area contributed by atoms with E-state index < -0.39 is 0 Å². The maximum Gasteiger partial charge on any atom is 0.0872 e. The SMILES string of the molecule is CC1CC[C](C2CO2)C1. The quantitative estimate of drug-likeness (QED) is 0.487. The lowest BCUT2D eigenvalue weighted by atomic mass is 10.0. The summed E-state index contributed by atoms with van der Waals surface area (Å²) < 4.78 is 5.20. The molecule has 1 aliphatic heterocycles. The molecule has 51 valence electrons. The molecular formula is C8H13O. The summed E-state index contributed by atoms with van der Waals surface area (Å²) in [4.78, 5) is 0. The van der Waals surface area contributed by atoms with Crippen LogP contribution in [0.1, 0.15) is 26.2 Å². The average Bonchev–Trinajstić information content (AvgIpc) is 2.58. The smallest absolute Gasteiger partial charge is 0.0872 e. The minimum Gasteiger partial charge on any atom is -0.373 e. The molecule has 1 aliphatic carbocycles. The first-order valence-corrected chi connectivity index (χ1v) is 3.82. The molecule has 0 amide bonds. The zero-order valence-corrected chi connectivity index (χ0v) is 5.89. The monoisotopic (exact) mass is 125 g/mol. The Hall–Kier alpha value is -0.0400. The highest BCUT2D eigenvalue weighted by Crippen LogP contribution is 2.39. The Labute approximate surface area is 56.4 Å². The van der Waals surface area contributed by atoms with Crippen LogP contribution in [0.4, 0.5) is 0 Å².